The number of hydrogen-bond donors (Lipinski definition) is 0. The number of carbonyl (C=O) groups excluding carboxylic acids is 1. The number of carbonyl (C=O) groups is 1. The van der Waals surface area contributed by atoms with Crippen LogP contribution in [-0.4, -0.2) is 22.9 Å². The van der Waals surface area contributed by atoms with Crippen LogP contribution in [0.3, 0.4) is 0 Å². The number of esters is 1. The summed E-state index contributed by atoms with van der Waals surface area (Å²) in [7, 11) is 1.31. The van der Waals surface area contributed by atoms with Gasteiger partial charge in [-0.15, -0.1) is 0 Å². The second kappa shape index (κ2) is 4.18. The second-order valence-corrected chi connectivity index (χ2v) is 3.25. The van der Waals surface area contributed by atoms with Gasteiger partial charge in [-0.25, -0.2) is 4.79 Å². The third kappa shape index (κ3) is 1.95. The fourth-order valence-corrected chi connectivity index (χ4v) is 1.42. The molecule has 1 aromatic heterocycles. The van der Waals surface area contributed by atoms with E-state index in [1.54, 1.807) is 24.3 Å². The lowest BCUT2D eigenvalue weighted by Crippen LogP contribution is -2.00. The molecule has 0 saturated heterocycles. The van der Waals surface area contributed by atoms with E-state index in [1.165, 1.54) is 19.5 Å². The lowest BCUT2D eigenvalue weighted by molar-refractivity contribution is 0.0601. The molecular formula is C12H12N2O2. The van der Waals surface area contributed by atoms with Crippen molar-refractivity contribution >= 4 is 5.97 Å². The molecule has 0 amide bonds. The quantitative estimate of drug-likeness (QED) is 0.724. The van der Waals surface area contributed by atoms with Crippen molar-refractivity contribution in [2.45, 2.75) is 0 Å². The van der Waals surface area contributed by atoms with Crippen molar-refractivity contribution in [2.75, 3.05) is 7.11 Å². The van der Waals surface area contributed by atoms with E-state index in [9.17, 15) is 4.79 Å². The van der Waals surface area contributed by atoms with Crippen LogP contribution in [0.15, 0.2) is 36.7 Å². The first kappa shape index (κ1) is 7.22. The first-order valence-corrected chi connectivity index (χ1v) is 4.66. The van der Waals surface area contributed by atoms with Gasteiger partial charge in [-0.2, -0.15) is 5.10 Å². The minimum absolute atomic E-state index is 0.404. The van der Waals surface area contributed by atoms with Crippen molar-refractivity contribution in [3.63, 3.8) is 0 Å². The molecule has 2 aromatic rings. The maximum absolute atomic E-state index is 11.4. The van der Waals surface area contributed by atoms with Crippen molar-refractivity contribution < 1.29 is 13.6 Å². The molecule has 0 aliphatic rings. The van der Waals surface area contributed by atoms with E-state index in [1.807, 2.05) is 0 Å². The van der Waals surface area contributed by atoms with Crippen molar-refractivity contribution in [1.29, 1.82) is 0 Å². The van der Waals surface area contributed by atoms with Crippen LogP contribution in [0.5, 0.6) is 0 Å². The number of nitrogens with zero attached hydrogens (tertiary/aromatic N) is 2. The maximum atomic E-state index is 11.4. The highest BCUT2D eigenvalue weighted by atomic mass is 16.5. The fraction of sp³-hybridized carbons (Fsp3) is 0.167. The largest absolute Gasteiger partial charge is 0.465 e. The van der Waals surface area contributed by atoms with Crippen LogP contribution in [-0.2, 0) is 11.7 Å². The summed E-state index contributed by atoms with van der Waals surface area (Å²) in [5, 5.41) is 3.80. The van der Waals surface area contributed by atoms with Crippen molar-refractivity contribution in [1.82, 2.24) is 9.78 Å². The predicted molar refractivity (Wildman–Crippen MR) is 60.0 cm³/mol. The average molecular weight is 219 g/mol. The van der Waals surface area contributed by atoms with Crippen LogP contribution in [0, 0.1) is 0 Å². The molecule has 0 bridgehead atoms. The molecule has 4 nitrogen and oxygen atoms in total. The topological polar surface area (TPSA) is 44.1 Å². The summed E-state index contributed by atoms with van der Waals surface area (Å²) in [6, 6.07) is 6.73. The highest BCUT2D eigenvalue weighted by Gasteiger charge is 2.07. The summed E-state index contributed by atoms with van der Waals surface area (Å²) in [5.74, 6) is -0.440. The Bertz CT molecular complexity index is 605. The summed E-state index contributed by atoms with van der Waals surface area (Å²) in [4.78, 5) is 11.4. The van der Waals surface area contributed by atoms with Crippen LogP contribution < -0.4 is 0 Å². The predicted octanol–water partition coefficient (Wildman–Crippen LogP) is 1.87. The Morgan fingerprint density at radius 2 is 2.38 bits per heavy atom. The second-order valence-electron chi connectivity index (χ2n) is 3.25. The van der Waals surface area contributed by atoms with Gasteiger partial charge in [0, 0.05) is 22.8 Å². The molecular weight excluding hydrogens is 204 g/mol. The molecule has 1 heterocycles. The van der Waals surface area contributed by atoms with Gasteiger partial charge in [-0.05, 0) is 17.7 Å². The number of aryl methyl sites for hydroxylation is 1. The van der Waals surface area contributed by atoms with Gasteiger partial charge in [0.05, 0.1) is 18.9 Å². The van der Waals surface area contributed by atoms with E-state index in [0.29, 0.717) is 16.7 Å². The van der Waals surface area contributed by atoms with Crippen LogP contribution in [0.25, 0.3) is 11.1 Å². The van der Waals surface area contributed by atoms with E-state index in [0.717, 1.165) is 4.68 Å². The Balaban J connectivity index is 2.37. The van der Waals surface area contributed by atoms with Gasteiger partial charge in [0.15, 0.2) is 0 Å². The van der Waals surface area contributed by atoms with Gasteiger partial charge in [-0.3, -0.25) is 4.68 Å². The van der Waals surface area contributed by atoms with Crippen LogP contribution in [0.1, 0.15) is 14.5 Å². The van der Waals surface area contributed by atoms with Crippen molar-refractivity contribution in [3.8, 4) is 11.1 Å². The zero-order chi connectivity index (χ0) is 14.0. The summed E-state index contributed by atoms with van der Waals surface area (Å²) in [5.41, 5.74) is 1.74. The van der Waals surface area contributed by atoms with Crippen molar-refractivity contribution in [3.05, 3.63) is 42.2 Å². The van der Waals surface area contributed by atoms with E-state index >= 15 is 0 Å². The molecule has 82 valence electrons. The maximum Gasteiger partial charge on any atom is 0.337 e. The van der Waals surface area contributed by atoms with Crippen LogP contribution >= 0.6 is 0 Å². The van der Waals surface area contributed by atoms with E-state index < -0.39 is 12.9 Å². The Hall–Kier alpha value is -2.10. The van der Waals surface area contributed by atoms with Gasteiger partial charge in [0.2, 0.25) is 0 Å². The Kier molecular flexibility index (Phi) is 1.89. The molecule has 0 unspecified atom stereocenters. The molecule has 4 heteroatoms. The van der Waals surface area contributed by atoms with Crippen LogP contribution in [0.4, 0.5) is 0 Å². The normalized spacial score (nSPS) is 13.7. The molecule has 1 aromatic carbocycles. The third-order valence-electron chi connectivity index (χ3n) is 2.20. The van der Waals surface area contributed by atoms with Gasteiger partial charge in [-0.1, -0.05) is 12.1 Å². The minimum Gasteiger partial charge on any atom is -0.465 e. The van der Waals surface area contributed by atoms with Crippen molar-refractivity contribution in [2.24, 2.45) is 6.98 Å². The van der Waals surface area contributed by atoms with E-state index in [-0.39, 0.29) is 0 Å². The molecule has 0 N–H and O–H groups in total. The first-order chi connectivity index (χ1) is 8.91. The standard InChI is InChI=1S/C12H12N2O2/c1-14-8-11(7-13-14)9-4-3-5-10(6-9)12(15)16-2/h3-8H,1-2H3/i1D3. The van der Waals surface area contributed by atoms with E-state index in [2.05, 4.69) is 9.84 Å². The summed E-state index contributed by atoms with van der Waals surface area (Å²) >= 11 is 0. The van der Waals surface area contributed by atoms with E-state index in [4.69, 9.17) is 4.11 Å². The number of methoxy groups -OCH3 is 1. The monoisotopic (exact) mass is 219 g/mol. The van der Waals surface area contributed by atoms with Crippen LogP contribution in [0.2, 0.25) is 0 Å². The Morgan fingerprint density at radius 1 is 1.50 bits per heavy atom. The number of aromatic nitrogens is 2. The smallest absolute Gasteiger partial charge is 0.337 e. The van der Waals surface area contributed by atoms with Gasteiger partial charge in [0.25, 0.3) is 0 Å². The Morgan fingerprint density at radius 3 is 3.06 bits per heavy atom. The fourth-order valence-electron chi connectivity index (χ4n) is 1.42. The first-order valence-electron chi connectivity index (χ1n) is 6.16. The highest BCUT2D eigenvalue weighted by molar-refractivity contribution is 5.90. The van der Waals surface area contributed by atoms with Gasteiger partial charge in [0.1, 0.15) is 0 Å². The third-order valence-corrected chi connectivity index (χ3v) is 2.20. The summed E-state index contributed by atoms with van der Waals surface area (Å²) in [6.07, 6.45) is 2.87. The zero-order valence-electron chi connectivity index (χ0n) is 11.7. The summed E-state index contributed by atoms with van der Waals surface area (Å²) in [6.45, 7) is -2.31. The van der Waals surface area contributed by atoms with Gasteiger partial charge >= 0.3 is 5.97 Å². The molecule has 0 spiro atoms. The molecule has 0 atom stereocenters. The number of benzene rings is 1. The molecule has 0 radical (unpaired) electrons. The molecule has 16 heavy (non-hydrogen) atoms. The highest BCUT2D eigenvalue weighted by Crippen LogP contribution is 2.19. The SMILES string of the molecule is [2H]C([2H])([2H])n1cc(-c2cccc(C(=O)OC)c2)cn1. The number of hydrogen-bond acceptors (Lipinski definition) is 3. The zero-order valence-corrected chi connectivity index (χ0v) is 8.68. The molecule has 0 aliphatic heterocycles. The van der Waals surface area contributed by atoms with Gasteiger partial charge < -0.3 is 4.74 Å². The molecule has 0 aliphatic carbocycles. The summed E-state index contributed by atoms with van der Waals surface area (Å²) < 4.78 is 27.3. The lowest BCUT2D eigenvalue weighted by Gasteiger charge is -2.01. The lowest BCUT2D eigenvalue weighted by atomic mass is 10.1. The number of ether oxygens (including phenoxy) is 1. The molecule has 0 saturated carbocycles. The Labute approximate surface area is 97.7 Å². The molecule has 0 fully saturated rings. The molecule has 2 rings (SSSR count). The number of rotatable bonds is 2. The minimum atomic E-state index is -2.31. The average Bonchev–Trinajstić information content (AvgIpc) is 2.87.